The summed E-state index contributed by atoms with van der Waals surface area (Å²) in [6.45, 7) is 7.68. The molecule has 0 spiro atoms. The van der Waals surface area contributed by atoms with Crippen LogP contribution in [-0.4, -0.2) is 25.8 Å². The van der Waals surface area contributed by atoms with E-state index in [9.17, 15) is 4.79 Å². The van der Waals surface area contributed by atoms with Crippen LogP contribution in [-0.2, 0) is 9.47 Å². The number of rotatable bonds is 9. The monoisotopic (exact) mass is 278 g/mol. The molecule has 0 heterocycles. The van der Waals surface area contributed by atoms with E-state index in [-0.39, 0.29) is 5.97 Å². The lowest BCUT2D eigenvalue weighted by Gasteiger charge is -2.07. The van der Waals surface area contributed by atoms with Crippen LogP contribution in [0.4, 0.5) is 0 Å². The molecule has 0 N–H and O–H groups in total. The van der Waals surface area contributed by atoms with Crippen LogP contribution in [0.15, 0.2) is 18.2 Å². The first-order valence-electron chi connectivity index (χ1n) is 7.46. The van der Waals surface area contributed by atoms with E-state index in [2.05, 4.69) is 6.92 Å². The smallest absolute Gasteiger partial charge is 0.338 e. The number of benzene rings is 1. The highest BCUT2D eigenvalue weighted by Crippen LogP contribution is 2.10. The van der Waals surface area contributed by atoms with Gasteiger partial charge in [-0.3, -0.25) is 0 Å². The van der Waals surface area contributed by atoms with Crippen molar-refractivity contribution < 1.29 is 14.3 Å². The quantitative estimate of drug-likeness (QED) is 0.505. The minimum absolute atomic E-state index is 0.272. The molecule has 0 radical (unpaired) electrons. The van der Waals surface area contributed by atoms with Crippen LogP contribution in [0.1, 0.15) is 54.1 Å². The molecule has 0 fully saturated rings. The lowest BCUT2D eigenvalue weighted by molar-refractivity contribution is 0.0312. The molecule has 0 unspecified atom stereocenters. The number of esters is 1. The number of carbonyl (C=O) groups excluding carboxylic acids is 1. The average molecular weight is 278 g/mol. The Morgan fingerprint density at radius 1 is 0.950 bits per heavy atom. The van der Waals surface area contributed by atoms with Crippen molar-refractivity contribution in [3.05, 3.63) is 34.9 Å². The van der Waals surface area contributed by atoms with Gasteiger partial charge in [0.05, 0.1) is 12.2 Å². The average Bonchev–Trinajstić information content (AvgIpc) is 2.40. The van der Waals surface area contributed by atoms with E-state index in [1.54, 1.807) is 0 Å². The summed E-state index contributed by atoms with van der Waals surface area (Å²) in [5.41, 5.74) is 2.76. The van der Waals surface area contributed by atoms with E-state index in [1.807, 2.05) is 32.0 Å². The third kappa shape index (κ3) is 6.71. The number of unbranched alkanes of at least 4 members (excludes halogenated alkanes) is 3. The van der Waals surface area contributed by atoms with Gasteiger partial charge < -0.3 is 9.47 Å². The second kappa shape index (κ2) is 9.54. The minimum Gasteiger partial charge on any atom is -0.460 e. The van der Waals surface area contributed by atoms with Crippen molar-refractivity contribution in [3.63, 3.8) is 0 Å². The fourth-order valence-corrected chi connectivity index (χ4v) is 2.10. The van der Waals surface area contributed by atoms with E-state index in [4.69, 9.17) is 9.47 Å². The molecule has 0 atom stereocenters. The lowest BCUT2D eigenvalue weighted by atomic mass is 10.1. The molecule has 0 aliphatic rings. The lowest BCUT2D eigenvalue weighted by Crippen LogP contribution is -2.11. The largest absolute Gasteiger partial charge is 0.460 e. The molecule has 0 amide bonds. The first-order chi connectivity index (χ1) is 9.63. The number of hydrogen-bond donors (Lipinski definition) is 0. The molecule has 0 bridgehead atoms. The van der Waals surface area contributed by atoms with Crippen molar-refractivity contribution in [1.29, 1.82) is 0 Å². The van der Waals surface area contributed by atoms with Crippen molar-refractivity contribution >= 4 is 5.97 Å². The van der Waals surface area contributed by atoms with Gasteiger partial charge in [-0.15, -0.1) is 0 Å². The van der Waals surface area contributed by atoms with Crippen molar-refractivity contribution in [2.45, 2.75) is 46.5 Å². The van der Waals surface area contributed by atoms with E-state index in [0.29, 0.717) is 18.8 Å². The molecule has 1 aromatic carbocycles. The topological polar surface area (TPSA) is 35.5 Å². The van der Waals surface area contributed by atoms with Gasteiger partial charge in [0, 0.05) is 6.61 Å². The zero-order valence-corrected chi connectivity index (χ0v) is 12.9. The van der Waals surface area contributed by atoms with Gasteiger partial charge in [-0.05, 0) is 32.4 Å². The van der Waals surface area contributed by atoms with E-state index in [1.165, 1.54) is 19.3 Å². The number of aryl methyl sites for hydroxylation is 2. The maximum absolute atomic E-state index is 11.8. The van der Waals surface area contributed by atoms with Crippen molar-refractivity contribution in [1.82, 2.24) is 0 Å². The summed E-state index contributed by atoms with van der Waals surface area (Å²) < 4.78 is 10.6. The van der Waals surface area contributed by atoms with Gasteiger partial charge >= 0.3 is 5.97 Å². The molecule has 0 saturated heterocycles. The van der Waals surface area contributed by atoms with Gasteiger partial charge in [0.15, 0.2) is 0 Å². The zero-order valence-electron chi connectivity index (χ0n) is 12.9. The van der Waals surface area contributed by atoms with Crippen LogP contribution in [0.25, 0.3) is 0 Å². The molecule has 3 nitrogen and oxygen atoms in total. The summed E-state index contributed by atoms with van der Waals surface area (Å²) in [4.78, 5) is 11.8. The molecular formula is C17H26O3. The Hall–Kier alpha value is -1.35. The zero-order chi connectivity index (χ0) is 14.8. The van der Waals surface area contributed by atoms with Crippen LogP contribution in [0.5, 0.6) is 0 Å². The normalized spacial score (nSPS) is 10.6. The van der Waals surface area contributed by atoms with Crippen LogP contribution in [0.3, 0.4) is 0 Å². The maximum atomic E-state index is 11.8. The number of carbonyl (C=O) groups is 1. The predicted molar refractivity (Wildman–Crippen MR) is 81.2 cm³/mol. The van der Waals surface area contributed by atoms with Crippen LogP contribution in [0, 0.1) is 13.8 Å². The second-order valence-electron chi connectivity index (χ2n) is 5.19. The third-order valence-corrected chi connectivity index (χ3v) is 3.06. The van der Waals surface area contributed by atoms with Crippen LogP contribution < -0.4 is 0 Å². The minimum atomic E-state index is -0.272. The van der Waals surface area contributed by atoms with Gasteiger partial charge in [0.25, 0.3) is 0 Å². The Labute approximate surface area is 122 Å². The molecule has 1 rings (SSSR count). The standard InChI is InChI=1S/C17H26O3/c1-4-5-6-7-8-19-9-10-20-17(18)16-12-14(2)11-15(3)13-16/h11-13H,4-10H2,1-3H3. The van der Waals surface area contributed by atoms with Crippen molar-refractivity contribution in [3.8, 4) is 0 Å². The summed E-state index contributed by atoms with van der Waals surface area (Å²) >= 11 is 0. The van der Waals surface area contributed by atoms with Gasteiger partial charge in [0.2, 0.25) is 0 Å². The molecular weight excluding hydrogens is 252 g/mol. The summed E-state index contributed by atoms with van der Waals surface area (Å²) in [7, 11) is 0. The predicted octanol–water partition coefficient (Wildman–Crippen LogP) is 4.06. The van der Waals surface area contributed by atoms with Crippen molar-refractivity contribution in [2.75, 3.05) is 19.8 Å². The number of hydrogen-bond acceptors (Lipinski definition) is 3. The summed E-state index contributed by atoms with van der Waals surface area (Å²) in [6.07, 6.45) is 4.77. The first-order valence-corrected chi connectivity index (χ1v) is 7.46. The Morgan fingerprint density at radius 3 is 2.30 bits per heavy atom. The molecule has 0 aromatic heterocycles. The fourth-order valence-electron chi connectivity index (χ4n) is 2.10. The first kappa shape index (κ1) is 16.7. The van der Waals surface area contributed by atoms with Gasteiger partial charge in [-0.1, -0.05) is 43.4 Å². The SMILES string of the molecule is CCCCCCOCCOC(=O)c1cc(C)cc(C)c1. The molecule has 20 heavy (non-hydrogen) atoms. The van der Waals surface area contributed by atoms with E-state index in [0.717, 1.165) is 24.2 Å². The van der Waals surface area contributed by atoms with Crippen LogP contribution >= 0.6 is 0 Å². The molecule has 0 aliphatic heterocycles. The highest BCUT2D eigenvalue weighted by molar-refractivity contribution is 5.89. The molecule has 112 valence electrons. The molecule has 3 heteroatoms. The third-order valence-electron chi connectivity index (χ3n) is 3.06. The highest BCUT2D eigenvalue weighted by Gasteiger charge is 2.07. The molecule has 1 aromatic rings. The second-order valence-corrected chi connectivity index (χ2v) is 5.19. The van der Waals surface area contributed by atoms with E-state index < -0.39 is 0 Å². The Kier molecular flexibility index (Phi) is 7.97. The van der Waals surface area contributed by atoms with Crippen LogP contribution in [0.2, 0.25) is 0 Å². The highest BCUT2D eigenvalue weighted by atomic mass is 16.6. The summed E-state index contributed by atoms with van der Waals surface area (Å²) in [5, 5.41) is 0. The Morgan fingerprint density at radius 2 is 1.65 bits per heavy atom. The Balaban J connectivity index is 2.17. The summed E-state index contributed by atoms with van der Waals surface area (Å²) in [6, 6.07) is 5.73. The van der Waals surface area contributed by atoms with Gasteiger partial charge in [-0.25, -0.2) is 4.79 Å². The molecule has 0 saturated carbocycles. The molecule has 0 aliphatic carbocycles. The fraction of sp³-hybridized carbons (Fsp3) is 0.588. The van der Waals surface area contributed by atoms with Gasteiger partial charge in [-0.2, -0.15) is 0 Å². The van der Waals surface area contributed by atoms with E-state index >= 15 is 0 Å². The maximum Gasteiger partial charge on any atom is 0.338 e. The summed E-state index contributed by atoms with van der Waals surface area (Å²) in [5.74, 6) is -0.272. The van der Waals surface area contributed by atoms with Gasteiger partial charge in [0.1, 0.15) is 6.61 Å². The number of ether oxygens (including phenoxy) is 2. The Bertz CT molecular complexity index is 392. The van der Waals surface area contributed by atoms with Crippen molar-refractivity contribution in [2.24, 2.45) is 0 Å².